The largest absolute Gasteiger partial charge is 0.374 e. The van der Waals surface area contributed by atoms with Crippen molar-refractivity contribution in [2.45, 2.75) is 45.9 Å². The van der Waals surface area contributed by atoms with Gasteiger partial charge in [-0.2, -0.15) is 0 Å². The summed E-state index contributed by atoms with van der Waals surface area (Å²) in [6, 6.07) is 5.26. The number of ether oxygens (including phenoxy) is 1. The van der Waals surface area contributed by atoms with E-state index in [0.717, 1.165) is 39.9 Å². The molecule has 1 heterocycles. The van der Waals surface area contributed by atoms with Crippen LogP contribution in [0.5, 0.6) is 0 Å². The highest BCUT2D eigenvalue weighted by Crippen LogP contribution is 2.34. The Labute approximate surface area is 124 Å². The van der Waals surface area contributed by atoms with E-state index < -0.39 is 0 Å². The Morgan fingerprint density at radius 1 is 1.40 bits per heavy atom. The highest BCUT2D eigenvalue weighted by molar-refractivity contribution is 7.19. The highest BCUT2D eigenvalue weighted by Gasteiger charge is 2.16. The highest BCUT2D eigenvalue weighted by atomic mass is 32.1. The number of halogens is 1. The third-order valence-corrected chi connectivity index (χ3v) is 4.59. The Morgan fingerprint density at radius 2 is 2.20 bits per heavy atom. The first-order valence-electron chi connectivity index (χ1n) is 7.12. The van der Waals surface area contributed by atoms with Crippen LogP contribution in [0.15, 0.2) is 18.2 Å². The zero-order valence-electron chi connectivity index (χ0n) is 12.3. The van der Waals surface area contributed by atoms with E-state index in [0.29, 0.717) is 6.61 Å². The molecule has 2 rings (SSSR count). The van der Waals surface area contributed by atoms with Crippen molar-refractivity contribution in [3.8, 4) is 0 Å². The lowest BCUT2D eigenvalue weighted by atomic mass is 10.1. The zero-order chi connectivity index (χ0) is 14.5. The number of hydrogen-bond acceptors (Lipinski definition) is 3. The molecular formula is C16H22FNOS. The van der Waals surface area contributed by atoms with Crippen molar-refractivity contribution in [3.05, 3.63) is 34.5 Å². The second-order valence-corrected chi connectivity index (χ2v) is 6.19. The fraction of sp³-hybridized carbons (Fsp3) is 0.500. The number of rotatable bonds is 7. The molecule has 0 fully saturated rings. The van der Waals surface area contributed by atoms with E-state index in [1.807, 2.05) is 13.1 Å². The Kier molecular flexibility index (Phi) is 5.52. The van der Waals surface area contributed by atoms with E-state index in [1.165, 1.54) is 6.07 Å². The second-order valence-electron chi connectivity index (χ2n) is 5.06. The summed E-state index contributed by atoms with van der Waals surface area (Å²) in [6.45, 7) is 5.46. The van der Waals surface area contributed by atoms with Crippen LogP contribution in [0.1, 0.15) is 37.1 Å². The molecule has 0 aliphatic rings. The monoisotopic (exact) mass is 295 g/mol. The van der Waals surface area contributed by atoms with Crippen molar-refractivity contribution in [2.24, 2.45) is 0 Å². The van der Waals surface area contributed by atoms with Gasteiger partial charge in [-0.25, -0.2) is 4.39 Å². The van der Waals surface area contributed by atoms with Gasteiger partial charge in [-0.15, -0.1) is 11.3 Å². The molecule has 4 heteroatoms. The van der Waals surface area contributed by atoms with Crippen molar-refractivity contribution in [3.63, 3.8) is 0 Å². The molecule has 2 aromatic rings. The van der Waals surface area contributed by atoms with Crippen LogP contribution in [-0.2, 0) is 17.9 Å². The minimum absolute atomic E-state index is 0.150. The average molecular weight is 295 g/mol. The molecule has 1 aromatic carbocycles. The van der Waals surface area contributed by atoms with Gasteiger partial charge in [-0.05, 0) is 32.5 Å². The maximum Gasteiger partial charge on any atom is 0.132 e. The second kappa shape index (κ2) is 7.16. The van der Waals surface area contributed by atoms with Gasteiger partial charge in [0.1, 0.15) is 5.82 Å². The molecule has 0 radical (unpaired) electrons. The van der Waals surface area contributed by atoms with Gasteiger partial charge in [-0.3, -0.25) is 0 Å². The molecule has 2 nitrogen and oxygen atoms in total. The standard InChI is InChI=1S/C16H22FNOS/c1-4-6-11(2)19-10-12-15(9-18-3)20-14-8-5-7-13(17)16(12)14/h5,7-8,11,18H,4,6,9-10H2,1-3H3. The molecule has 110 valence electrons. The van der Waals surface area contributed by atoms with Crippen LogP contribution in [-0.4, -0.2) is 13.2 Å². The van der Waals surface area contributed by atoms with Crippen molar-refractivity contribution in [2.75, 3.05) is 7.05 Å². The van der Waals surface area contributed by atoms with Crippen molar-refractivity contribution in [1.29, 1.82) is 0 Å². The van der Waals surface area contributed by atoms with E-state index in [1.54, 1.807) is 17.4 Å². The number of benzene rings is 1. The predicted molar refractivity (Wildman–Crippen MR) is 83.7 cm³/mol. The summed E-state index contributed by atoms with van der Waals surface area (Å²) in [6.07, 6.45) is 2.35. The van der Waals surface area contributed by atoms with E-state index in [9.17, 15) is 4.39 Å². The van der Waals surface area contributed by atoms with Crippen LogP contribution in [0.3, 0.4) is 0 Å². The van der Waals surface area contributed by atoms with Crippen LogP contribution in [0.4, 0.5) is 4.39 Å². The van der Waals surface area contributed by atoms with Crippen LogP contribution in [0.25, 0.3) is 10.1 Å². The summed E-state index contributed by atoms with van der Waals surface area (Å²) in [4.78, 5) is 1.16. The maximum absolute atomic E-state index is 14.1. The number of hydrogen-bond donors (Lipinski definition) is 1. The Bertz CT molecular complexity index is 567. The van der Waals surface area contributed by atoms with Gasteiger partial charge in [0.05, 0.1) is 12.7 Å². The lowest BCUT2D eigenvalue weighted by molar-refractivity contribution is 0.0475. The predicted octanol–water partition coefficient (Wildman–Crippen LogP) is 4.47. The van der Waals surface area contributed by atoms with Crippen LogP contribution >= 0.6 is 11.3 Å². The van der Waals surface area contributed by atoms with Crippen LogP contribution < -0.4 is 5.32 Å². The summed E-state index contributed by atoms with van der Waals surface area (Å²) in [7, 11) is 1.91. The minimum Gasteiger partial charge on any atom is -0.374 e. The third-order valence-electron chi connectivity index (χ3n) is 3.39. The Hall–Kier alpha value is -0.970. The third kappa shape index (κ3) is 3.37. The van der Waals surface area contributed by atoms with Gasteiger partial charge in [0.2, 0.25) is 0 Å². The molecule has 20 heavy (non-hydrogen) atoms. The summed E-state index contributed by atoms with van der Waals surface area (Å²) in [5.74, 6) is -0.150. The molecule has 1 unspecified atom stereocenters. The fourth-order valence-corrected chi connectivity index (χ4v) is 3.62. The van der Waals surface area contributed by atoms with E-state index in [-0.39, 0.29) is 11.9 Å². The number of fused-ring (bicyclic) bond motifs is 1. The topological polar surface area (TPSA) is 21.3 Å². The lowest BCUT2D eigenvalue weighted by Gasteiger charge is -2.13. The summed E-state index contributed by atoms with van der Waals surface area (Å²) in [5.41, 5.74) is 1.00. The van der Waals surface area contributed by atoms with Gasteiger partial charge in [0.25, 0.3) is 0 Å². The lowest BCUT2D eigenvalue weighted by Crippen LogP contribution is -2.10. The normalized spacial score (nSPS) is 13.0. The van der Waals surface area contributed by atoms with Gasteiger partial charge >= 0.3 is 0 Å². The molecule has 0 saturated carbocycles. The smallest absolute Gasteiger partial charge is 0.132 e. The van der Waals surface area contributed by atoms with Gasteiger partial charge in [0.15, 0.2) is 0 Å². The molecule has 1 atom stereocenters. The number of nitrogens with one attached hydrogen (secondary N) is 1. The summed E-state index contributed by atoms with van der Waals surface area (Å²) < 4.78 is 21.0. The molecule has 0 aliphatic heterocycles. The Morgan fingerprint density at radius 3 is 2.90 bits per heavy atom. The molecule has 0 amide bonds. The van der Waals surface area contributed by atoms with Crippen LogP contribution in [0.2, 0.25) is 0 Å². The van der Waals surface area contributed by atoms with E-state index in [4.69, 9.17) is 4.74 Å². The van der Waals surface area contributed by atoms with Gasteiger partial charge in [0, 0.05) is 27.1 Å². The van der Waals surface area contributed by atoms with Crippen LogP contribution in [0, 0.1) is 5.82 Å². The first kappa shape index (κ1) is 15.4. The first-order valence-corrected chi connectivity index (χ1v) is 7.94. The zero-order valence-corrected chi connectivity index (χ0v) is 13.1. The molecule has 0 aliphatic carbocycles. The van der Waals surface area contributed by atoms with Crippen molar-refractivity contribution < 1.29 is 9.13 Å². The maximum atomic E-state index is 14.1. The molecule has 0 saturated heterocycles. The summed E-state index contributed by atoms with van der Waals surface area (Å²) in [5, 5.41) is 3.88. The quantitative estimate of drug-likeness (QED) is 0.814. The molecule has 0 spiro atoms. The van der Waals surface area contributed by atoms with Gasteiger partial charge < -0.3 is 10.1 Å². The minimum atomic E-state index is -0.150. The van der Waals surface area contributed by atoms with Crippen molar-refractivity contribution in [1.82, 2.24) is 5.32 Å². The SMILES string of the molecule is CCCC(C)OCc1c(CNC)sc2cccc(F)c12. The molecule has 1 aromatic heterocycles. The fourth-order valence-electron chi connectivity index (χ4n) is 2.39. The molecular weight excluding hydrogens is 273 g/mol. The Balaban J connectivity index is 2.30. The number of thiophene rings is 1. The summed E-state index contributed by atoms with van der Waals surface area (Å²) >= 11 is 1.65. The molecule has 1 N–H and O–H groups in total. The average Bonchev–Trinajstić information content (AvgIpc) is 2.76. The van der Waals surface area contributed by atoms with Crippen molar-refractivity contribution >= 4 is 21.4 Å². The van der Waals surface area contributed by atoms with E-state index >= 15 is 0 Å². The first-order chi connectivity index (χ1) is 9.67. The molecule has 0 bridgehead atoms. The van der Waals surface area contributed by atoms with E-state index in [2.05, 4.69) is 19.2 Å². The van der Waals surface area contributed by atoms with Gasteiger partial charge in [-0.1, -0.05) is 19.4 Å².